The number of hydrogen-bond donors (Lipinski definition) is 1. The molecule has 4 heteroatoms. The van der Waals surface area contributed by atoms with Crippen molar-refractivity contribution in [3.63, 3.8) is 0 Å². The van der Waals surface area contributed by atoms with Crippen LogP contribution in [0, 0.1) is 5.41 Å². The topological polar surface area (TPSA) is 30.5 Å². The van der Waals surface area contributed by atoms with E-state index in [0.29, 0.717) is 6.04 Å². The van der Waals surface area contributed by atoms with E-state index in [-0.39, 0.29) is 5.41 Å². The fourth-order valence-corrected chi connectivity index (χ4v) is 0.908. The van der Waals surface area contributed by atoms with Gasteiger partial charge in [-0.3, -0.25) is 0 Å². The normalized spacial score (nSPS) is 15.0. The van der Waals surface area contributed by atoms with E-state index < -0.39 is 0 Å². The molecule has 0 heterocycles. The van der Waals surface area contributed by atoms with Crippen LogP contribution in [0.4, 0.5) is 0 Å². The molecule has 0 saturated carbocycles. The first-order valence-electron chi connectivity index (χ1n) is 3.60. The van der Waals surface area contributed by atoms with Crippen LogP contribution in [0.25, 0.3) is 0 Å². The molecule has 0 rings (SSSR count). The highest BCUT2D eigenvalue weighted by Gasteiger charge is 2.19. The maximum atomic E-state index is 4.60. The molecule has 11 heavy (non-hydrogen) atoms. The van der Waals surface area contributed by atoms with Gasteiger partial charge in [0.2, 0.25) is 0 Å². The Labute approximate surface area is 73.1 Å². The first kappa shape index (κ1) is 11.2. The van der Waals surface area contributed by atoms with E-state index in [1.807, 2.05) is 0 Å². The third kappa shape index (κ3) is 5.49. The van der Waals surface area contributed by atoms with E-state index in [1.165, 1.54) is 7.11 Å². The Bertz CT molecular complexity index is 103. The molecule has 0 aromatic carbocycles. The summed E-state index contributed by atoms with van der Waals surface area (Å²) in [4.78, 5) is 4.41. The van der Waals surface area contributed by atoms with Gasteiger partial charge in [-0.15, -0.1) is 4.33 Å². The summed E-state index contributed by atoms with van der Waals surface area (Å²) in [5.74, 6) is 0. The second-order valence-corrected chi connectivity index (χ2v) is 4.06. The van der Waals surface area contributed by atoms with Crippen molar-refractivity contribution in [1.82, 2.24) is 4.72 Å². The van der Waals surface area contributed by atoms with Crippen molar-refractivity contribution in [3.05, 3.63) is 0 Å². The monoisotopic (exact) mass is 179 g/mol. The molecule has 0 spiro atoms. The summed E-state index contributed by atoms with van der Waals surface area (Å²) in [6.07, 6.45) is 0. The second-order valence-electron chi connectivity index (χ2n) is 3.52. The minimum atomic E-state index is 0.240. The zero-order valence-corrected chi connectivity index (χ0v) is 8.62. The van der Waals surface area contributed by atoms with Crippen LogP contribution >= 0.6 is 12.2 Å². The Morgan fingerprint density at radius 1 is 1.36 bits per heavy atom. The van der Waals surface area contributed by atoms with Gasteiger partial charge in [-0.05, 0) is 12.3 Å². The Morgan fingerprint density at radius 2 is 1.91 bits per heavy atom. The van der Waals surface area contributed by atoms with E-state index in [2.05, 4.69) is 41.6 Å². The van der Waals surface area contributed by atoms with Crippen molar-refractivity contribution >= 4 is 12.2 Å². The number of rotatable bonds is 4. The summed E-state index contributed by atoms with van der Waals surface area (Å²) >= 11 is 1.12. The zero-order chi connectivity index (χ0) is 8.91. The highest BCUT2D eigenvalue weighted by atomic mass is 32.2. The Kier molecular flexibility index (Phi) is 5.08. The molecule has 0 fully saturated rings. The Balaban J connectivity index is 3.44. The molecule has 0 aromatic heterocycles. The summed E-state index contributed by atoms with van der Waals surface area (Å²) in [7, 11) is 1.48. The molecule has 0 saturated heterocycles. The molecule has 0 radical (unpaired) electrons. The van der Waals surface area contributed by atoms with Crippen LogP contribution in [-0.4, -0.2) is 13.2 Å². The quantitative estimate of drug-likeness (QED) is 0.235. The molecule has 0 aliphatic heterocycles. The molecule has 68 valence electrons. The van der Waals surface area contributed by atoms with Gasteiger partial charge in [0.1, 0.15) is 12.2 Å². The molecular weight excluding hydrogens is 162 g/mol. The highest BCUT2D eigenvalue weighted by molar-refractivity contribution is 7.92. The fraction of sp³-hybridized carbons (Fsp3) is 1.00. The van der Waals surface area contributed by atoms with Gasteiger partial charge >= 0.3 is 0 Å². The molecule has 0 amide bonds. The van der Waals surface area contributed by atoms with Gasteiger partial charge < -0.3 is 0 Å². The minimum Gasteiger partial charge on any atom is -0.234 e. The van der Waals surface area contributed by atoms with Gasteiger partial charge in [0.25, 0.3) is 0 Å². The maximum absolute atomic E-state index is 4.60. The lowest BCUT2D eigenvalue weighted by Crippen LogP contribution is -2.33. The molecule has 0 unspecified atom stereocenters. The van der Waals surface area contributed by atoms with Crippen LogP contribution < -0.4 is 4.72 Å². The predicted octanol–water partition coefficient (Wildman–Crippen LogP) is 2.15. The molecule has 1 atom stereocenters. The Hall–Kier alpha value is 0.230. The number of nitrogens with one attached hydrogen (secondary N) is 1. The van der Waals surface area contributed by atoms with Crippen LogP contribution in [0.15, 0.2) is 0 Å². The van der Waals surface area contributed by atoms with E-state index in [0.717, 1.165) is 12.2 Å². The van der Waals surface area contributed by atoms with Gasteiger partial charge in [0.05, 0.1) is 7.11 Å². The summed E-state index contributed by atoms with van der Waals surface area (Å²) in [6.45, 7) is 8.60. The second kappa shape index (κ2) is 4.98. The summed E-state index contributed by atoms with van der Waals surface area (Å²) < 4.78 is 7.70. The first-order chi connectivity index (χ1) is 4.98. The lowest BCUT2D eigenvalue weighted by Gasteiger charge is -2.26. The van der Waals surface area contributed by atoms with E-state index >= 15 is 0 Å². The fourth-order valence-electron chi connectivity index (χ4n) is 0.303. The highest BCUT2D eigenvalue weighted by Crippen LogP contribution is 2.20. The van der Waals surface area contributed by atoms with Gasteiger partial charge in [0.15, 0.2) is 0 Å². The van der Waals surface area contributed by atoms with Crippen LogP contribution in [0.2, 0.25) is 0 Å². The average Bonchev–Trinajstić information content (AvgIpc) is 1.86. The van der Waals surface area contributed by atoms with Crippen LogP contribution in [0.5, 0.6) is 0 Å². The SMILES string of the molecule is COOSN[C@@H](C)C(C)(C)C. The summed E-state index contributed by atoms with van der Waals surface area (Å²) in [5.41, 5.74) is 0.240. The van der Waals surface area contributed by atoms with Gasteiger partial charge in [-0.1, -0.05) is 20.8 Å². The van der Waals surface area contributed by atoms with E-state index in [4.69, 9.17) is 0 Å². The summed E-state index contributed by atoms with van der Waals surface area (Å²) in [6, 6.07) is 0.377. The van der Waals surface area contributed by atoms with E-state index in [9.17, 15) is 0 Å². The van der Waals surface area contributed by atoms with Crippen molar-refractivity contribution in [1.29, 1.82) is 0 Å². The smallest absolute Gasteiger partial charge is 0.118 e. The van der Waals surface area contributed by atoms with Crippen molar-refractivity contribution in [2.24, 2.45) is 5.41 Å². The lowest BCUT2D eigenvalue weighted by atomic mass is 9.89. The largest absolute Gasteiger partial charge is 0.234 e. The molecule has 0 aliphatic rings. The molecule has 1 N–H and O–H groups in total. The van der Waals surface area contributed by atoms with Crippen molar-refractivity contribution in [2.75, 3.05) is 7.11 Å². The third-order valence-electron chi connectivity index (χ3n) is 1.63. The van der Waals surface area contributed by atoms with Gasteiger partial charge in [-0.25, -0.2) is 9.61 Å². The van der Waals surface area contributed by atoms with Gasteiger partial charge in [-0.2, -0.15) is 0 Å². The standard InChI is InChI=1S/C7H17NO2S/c1-6(7(2,3)4)8-11-10-9-5/h6,8H,1-5H3/t6-/m0/s1. The molecule has 0 bridgehead atoms. The minimum absolute atomic E-state index is 0.240. The molecular formula is C7H17NO2S. The van der Waals surface area contributed by atoms with E-state index in [1.54, 1.807) is 0 Å². The number of hydrogen-bond acceptors (Lipinski definition) is 4. The van der Waals surface area contributed by atoms with Crippen LogP contribution in [0.3, 0.4) is 0 Å². The van der Waals surface area contributed by atoms with Crippen LogP contribution in [0.1, 0.15) is 27.7 Å². The maximum Gasteiger partial charge on any atom is 0.118 e. The zero-order valence-electron chi connectivity index (χ0n) is 7.80. The average molecular weight is 179 g/mol. The van der Waals surface area contributed by atoms with Gasteiger partial charge in [0, 0.05) is 6.04 Å². The molecule has 3 nitrogen and oxygen atoms in total. The third-order valence-corrected chi connectivity index (χ3v) is 2.28. The van der Waals surface area contributed by atoms with Crippen molar-refractivity contribution in [2.45, 2.75) is 33.7 Å². The first-order valence-corrected chi connectivity index (χ1v) is 4.34. The molecule has 0 aliphatic carbocycles. The Morgan fingerprint density at radius 3 is 2.27 bits per heavy atom. The summed E-state index contributed by atoms with van der Waals surface area (Å²) in [5, 5.41) is 0. The van der Waals surface area contributed by atoms with Crippen molar-refractivity contribution in [3.8, 4) is 0 Å². The van der Waals surface area contributed by atoms with Crippen LogP contribution in [-0.2, 0) is 9.22 Å². The lowest BCUT2D eigenvalue weighted by molar-refractivity contribution is -0.161. The molecule has 0 aromatic rings. The predicted molar refractivity (Wildman–Crippen MR) is 47.7 cm³/mol. The van der Waals surface area contributed by atoms with Crippen molar-refractivity contribution < 1.29 is 9.22 Å².